The summed E-state index contributed by atoms with van der Waals surface area (Å²) >= 11 is 0. The first-order valence-corrected chi connectivity index (χ1v) is 7.29. The molecule has 0 aliphatic carbocycles. The van der Waals surface area contributed by atoms with E-state index in [0.29, 0.717) is 0 Å². The highest BCUT2D eigenvalue weighted by Crippen LogP contribution is 2.22. The van der Waals surface area contributed by atoms with Gasteiger partial charge in [-0.3, -0.25) is 4.90 Å². The lowest BCUT2D eigenvalue weighted by atomic mass is 10.1. The molecule has 0 saturated heterocycles. The van der Waals surface area contributed by atoms with Crippen LogP contribution in [0.3, 0.4) is 0 Å². The van der Waals surface area contributed by atoms with Crippen molar-refractivity contribution in [2.24, 2.45) is 0 Å². The monoisotopic (exact) mass is 274 g/mol. The first-order chi connectivity index (χ1) is 9.44. The van der Waals surface area contributed by atoms with E-state index in [1.54, 1.807) is 0 Å². The van der Waals surface area contributed by atoms with Gasteiger partial charge in [-0.2, -0.15) is 0 Å². The Morgan fingerprint density at radius 1 is 1.35 bits per heavy atom. The largest absolute Gasteiger partial charge is 0.492 e. The van der Waals surface area contributed by atoms with E-state index in [0.717, 1.165) is 38.5 Å². The van der Waals surface area contributed by atoms with Gasteiger partial charge in [-0.25, -0.2) is 0 Å². The Morgan fingerprint density at radius 2 is 2.10 bits per heavy atom. The van der Waals surface area contributed by atoms with Crippen LogP contribution < -0.4 is 10.1 Å². The molecule has 0 bridgehead atoms. The Bertz CT molecular complexity index is 462. The first-order valence-electron chi connectivity index (χ1n) is 7.29. The highest BCUT2D eigenvalue weighted by atomic mass is 16.5. The van der Waals surface area contributed by atoms with Crippen LogP contribution in [0.5, 0.6) is 5.75 Å². The number of ether oxygens (including phenoxy) is 1. The predicted molar refractivity (Wildman–Crippen MR) is 84.1 cm³/mol. The number of hydrogen-bond donors (Lipinski definition) is 1. The zero-order valence-corrected chi connectivity index (χ0v) is 12.9. The fraction of sp³-hybridized carbons (Fsp3) is 0.529. The lowest BCUT2D eigenvalue weighted by molar-refractivity contribution is 0.237. The molecule has 0 unspecified atom stereocenters. The molecule has 0 spiro atoms. The number of fused-ring (bicyclic) bond motifs is 1. The van der Waals surface area contributed by atoms with E-state index >= 15 is 0 Å². The summed E-state index contributed by atoms with van der Waals surface area (Å²) in [6.45, 7) is 15.1. The van der Waals surface area contributed by atoms with E-state index in [1.165, 1.54) is 11.1 Å². The van der Waals surface area contributed by atoms with Crippen LogP contribution >= 0.6 is 0 Å². The summed E-state index contributed by atoms with van der Waals surface area (Å²) in [6.07, 6.45) is 0. The van der Waals surface area contributed by atoms with Crippen molar-refractivity contribution >= 4 is 0 Å². The van der Waals surface area contributed by atoms with Crippen LogP contribution in [0, 0.1) is 0 Å². The van der Waals surface area contributed by atoms with Crippen LogP contribution in [-0.2, 0) is 6.54 Å². The van der Waals surface area contributed by atoms with E-state index in [-0.39, 0.29) is 5.54 Å². The second kappa shape index (κ2) is 6.42. The van der Waals surface area contributed by atoms with Gasteiger partial charge in [-0.15, -0.1) is 0 Å². The minimum Gasteiger partial charge on any atom is -0.492 e. The molecule has 0 saturated carbocycles. The summed E-state index contributed by atoms with van der Waals surface area (Å²) in [5.74, 6) is 1.02. The predicted octanol–water partition coefficient (Wildman–Crippen LogP) is 2.83. The SMILES string of the molecule is C=C(CNC(C)(C)C)CN1CCOc2ccccc2C1. The molecular formula is C17H26N2O. The van der Waals surface area contributed by atoms with Crippen molar-refractivity contribution in [1.29, 1.82) is 0 Å². The quantitative estimate of drug-likeness (QED) is 0.855. The summed E-state index contributed by atoms with van der Waals surface area (Å²) in [6, 6.07) is 8.29. The Hall–Kier alpha value is -1.32. The Morgan fingerprint density at radius 3 is 2.85 bits per heavy atom. The third-order valence-corrected chi connectivity index (χ3v) is 3.35. The van der Waals surface area contributed by atoms with Crippen molar-refractivity contribution in [3.8, 4) is 5.75 Å². The Kier molecular flexibility index (Phi) is 4.84. The van der Waals surface area contributed by atoms with Gasteiger partial charge < -0.3 is 10.1 Å². The van der Waals surface area contributed by atoms with Crippen LogP contribution in [0.2, 0.25) is 0 Å². The Balaban J connectivity index is 1.89. The molecule has 0 radical (unpaired) electrons. The van der Waals surface area contributed by atoms with Gasteiger partial charge in [0.15, 0.2) is 0 Å². The molecule has 3 nitrogen and oxygen atoms in total. The lowest BCUT2D eigenvalue weighted by Gasteiger charge is -2.24. The molecule has 1 aromatic carbocycles. The molecular weight excluding hydrogens is 248 g/mol. The average molecular weight is 274 g/mol. The molecule has 110 valence electrons. The van der Waals surface area contributed by atoms with Gasteiger partial charge in [0.1, 0.15) is 12.4 Å². The van der Waals surface area contributed by atoms with Gasteiger partial charge in [-0.05, 0) is 32.4 Å². The highest BCUT2D eigenvalue weighted by Gasteiger charge is 2.16. The van der Waals surface area contributed by atoms with Crippen molar-refractivity contribution in [2.45, 2.75) is 32.9 Å². The van der Waals surface area contributed by atoms with Crippen molar-refractivity contribution in [3.63, 3.8) is 0 Å². The molecule has 0 aromatic heterocycles. The summed E-state index contributed by atoms with van der Waals surface area (Å²) < 4.78 is 5.79. The third-order valence-electron chi connectivity index (χ3n) is 3.35. The minimum absolute atomic E-state index is 0.136. The van der Waals surface area contributed by atoms with Crippen molar-refractivity contribution in [1.82, 2.24) is 10.2 Å². The van der Waals surface area contributed by atoms with Crippen LogP contribution in [0.4, 0.5) is 0 Å². The molecule has 1 N–H and O–H groups in total. The number of hydrogen-bond acceptors (Lipinski definition) is 3. The van der Waals surface area contributed by atoms with Gasteiger partial charge in [-0.1, -0.05) is 24.8 Å². The van der Waals surface area contributed by atoms with Crippen molar-refractivity contribution < 1.29 is 4.74 Å². The molecule has 1 aromatic rings. The fourth-order valence-electron chi connectivity index (χ4n) is 2.28. The maximum absolute atomic E-state index is 5.79. The minimum atomic E-state index is 0.136. The standard InChI is InChI=1S/C17H26N2O/c1-14(11-18-17(2,3)4)12-19-9-10-20-16-8-6-5-7-15(16)13-19/h5-8,18H,1,9-13H2,2-4H3. The lowest BCUT2D eigenvalue weighted by Crippen LogP contribution is -2.39. The number of rotatable bonds is 4. The third kappa shape index (κ3) is 4.66. The molecule has 1 aliphatic heterocycles. The molecule has 0 fully saturated rings. The number of nitrogens with zero attached hydrogens (tertiary/aromatic N) is 1. The van der Waals surface area contributed by atoms with Gasteiger partial charge in [0.05, 0.1) is 0 Å². The summed E-state index contributed by atoms with van der Waals surface area (Å²) in [7, 11) is 0. The maximum atomic E-state index is 5.79. The van der Waals surface area contributed by atoms with Gasteiger partial charge in [0.2, 0.25) is 0 Å². The van der Waals surface area contributed by atoms with Crippen LogP contribution in [0.15, 0.2) is 36.4 Å². The molecule has 0 amide bonds. The van der Waals surface area contributed by atoms with Crippen LogP contribution in [0.1, 0.15) is 26.3 Å². The van der Waals surface area contributed by atoms with E-state index in [4.69, 9.17) is 4.74 Å². The second-order valence-electron chi connectivity index (χ2n) is 6.52. The molecule has 3 heteroatoms. The fourth-order valence-corrected chi connectivity index (χ4v) is 2.28. The maximum Gasteiger partial charge on any atom is 0.123 e. The zero-order valence-electron chi connectivity index (χ0n) is 12.9. The number of nitrogens with one attached hydrogen (secondary N) is 1. The van der Waals surface area contributed by atoms with Gasteiger partial charge in [0, 0.05) is 37.3 Å². The molecule has 20 heavy (non-hydrogen) atoms. The average Bonchev–Trinajstić information content (AvgIpc) is 2.57. The Labute approximate surface area is 122 Å². The molecule has 1 heterocycles. The van der Waals surface area contributed by atoms with E-state index in [1.807, 2.05) is 6.07 Å². The van der Waals surface area contributed by atoms with E-state index in [9.17, 15) is 0 Å². The summed E-state index contributed by atoms with van der Waals surface area (Å²) in [5, 5.41) is 3.49. The van der Waals surface area contributed by atoms with Crippen LogP contribution in [-0.4, -0.2) is 36.7 Å². The van der Waals surface area contributed by atoms with Gasteiger partial charge in [0.25, 0.3) is 0 Å². The highest BCUT2D eigenvalue weighted by molar-refractivity contribution is 5.33. The zero-order chi connectivity index (χ0) is 14.6. The van der Waals surface area contributed by atoms with E-state index < -0.39 is 0 Å². The smallest absolute Gasteiger partial charge is 0.123 e. The number of para-hydroxylation sites is 1. The van der Waals surface area contributed by atoms with E-state index in [2.05, 4.69) is 55.8 Å². The van der Waals surface area contributed by atoms with Gasteiger partial charge >= 0.3 is 0 Å². The summed E-state index contributed by atoms with van der Waals surface area (Å²) in [4.78, 5) is 2.40. The molecule has 1 aliphatic rings. The van der Waals surface area contributed by atoms with Crippen LogP contribution in [0.25, 0.3) is 0 Å². The molecule has 2 rings (SSSR count). The first kappa shape index (κ1) is 15.1. The van der Waals surface area contributed by atoms with Crippen molar-refractivity contribution in [3.05, 3.63) is 42.0 Å². The van der Waals surface area contributed by atoms with Crippen molar-refractivity contribution in [2.75, 3.05) is 26.2 Å². The summed E-state index contributed by atoms with van der Waals surface area (Å²) in [5.41, 5.74) is 2.62. The number of benzene rings is 1. The second-order valence-corrected chi connectivity index (χ2v) is 6.52. The normalized spacial score (nSPS) is 16.1. The topological polar surface area (TPSA) is 24.5 Å². The molecule has 0 atom stereocenters.